The molecule has 2 aromatic heterocycles. The fourth-order valence-corrected chi connectivity index (χ4v) is 4.00. The minimum absolute atomic E-state index is 0.0757. The average Bonchev–Trinajstić information content (AvgIpc) is 3.23. The van der Waals surface area contributed by atoms with Gasteiger partial charge in [-0.15, -0.1) is 0 Å². The van der Waals surface area contributed by atoms with Gasteiger partial charge in [0.2, 0.25) is 0 Å². The summed E-state index contributed by atoms with van der Waals surface area (Å²) in [6.45, 7) is 4.11. The summed E-state index contributed by atoms with van der Waals surface area (Å²) >= 11 is 7.57. The Hall–Kier alpha value is -1.96. The number of aromatic nitrogens is 3. The molecule has 0 atom stereocenters. The van der Waals surface area contributed by atoms with Crippen LogP contribution in [0.5, 0.6) is 0 Å². The van der Waals surface area contributed by atoms with Gasteiger partial charge in [-0.05, 0) is 58.3 Å². The minimum atomic E-state index is -0.0757. The van der Waals surface area contributed by atoms with Crippen molar-refractivity contribution < 1.29 is 4.79 Å². The highest BCUT2D eigenvalue weighted by atomic mass is 35.5. The van der Waals surface area contributed by atoms with Crippen LogP contribution in [0.4, 0.5) is 5.13 Å². The maximum absolute atomic E-state index is 13.2. The van der Waals surface area contributed by atoms with Crippen LogP contribution in [0.15, 0.2) is 30.5 Å². The number of carbonyl (C=O) groups excluding carboxylic acids is 1. The Morgan fingerprint density at radius 3 is 2.81 bits per heavy atom. The van der Waals surface area contributed by atoms with Gasteiger partial charge in [-0.25, -0.2) is 4.98 Å². The number of amides is 1. The van der Waals surface area contributed by atoms with Crippen molar-refractivity contribution in [2.75, 3.05) is 32.1 Å². The summed E-state index contributed by atoms with van der Waals surface area (Å²) in [6.07, 6.45) is 2.52. The highest BCUT2D eigenvalue weighted by Crippen LogP contribution is 2.31. The van der Waals surface area contributed by atoms with Crippen molar-refractivity contribution in [3.63, 3.8) is 0 Å². The zero-order valence-corrected chi connectivity index (χ0v) is 16.7. The summed E-state index contributed by atoms with van der Waals surface area (Å²) in [5.74, 6) is -0.0757. The van der Waals surface area contributed by atoms with E-state index in [9.17, 15) is 4.79 Å². The molecule has 0 aliphatic heterocycles. The van der Waals surface area contributed by atoms with Crippen molar-refractivity contribution in [2.45, 2.75) is 19.9 Å². The second-order valence-electron chi connectivity index (χ2n) is 6.25. The topological polar surface area (TPSA) is 54.3 Å². The van der Waals surface area contributed by atoms with Crippen molar-refractivity contribution in [1.82, 2.24) is 19.7 Å². The Labute approximate surface area is 162 Å². The molecule has 0 saturated carbocycles. The van der Waals surface area contributed by atoms with Crippen LogP contribution in [-0.2, 0) is 6.54 Å². The normalized spacial score (nSPS) is 11.4. The molecule has 1 aromatic carbocycles. The van der Waals surface area contributed by atoms with E-state index in [1.807, 2.05) is 39.2 Å². The van der Waals surface area contributed by atoms with Gasteiger partial charge < -0.3 is 4.90 Å². The van der Waals surface area contributed by atoms with E-state index < -0.39 is 0 Å². The van der Waals surface area contributed by atoms with E-state index in [-0.39, 0.29) is 5.91 Å². The first-order valence-corrected chi connectivity index (χ1v) is 9.73. The zero-order chi connectivity index (χ0) is 18.7. The van der Waals surface area contributed by atoms with Gasteiger partial charge >= 0.3 is 0 Å². The first-order chi connectivity index (χ1) is 12.5. The van der Waals surface area contributed by atoms with Crippen LogP contribution in [0.2, 0.25) is 5.02 Å². The van der Waals surface area contributed by atoms with Crippen LogP contribution in [0.25, 0.3) is 10.2 Å². The number of nitrogens with zero attached hydrogens (tertiary/aromatic N) is 5. The van der Waals surface area contributed by atoms with Crippen LogP contribution in [0.3, 0.4) is 0 Å². The Morgan fingerprint density at radius 2 is 2.08 bits per heavy atom. The van der Waals surface area contributed by atoms with Gasteiger partial charge in [0.15, 0.2) is 5.13 Å². The van der Waals surface area contributed by atoms with Gasteiger partial charge in [0.25, 0.3) is 5.91 Å². The summed E-state index contributed by atoms with van der Waals surface area (Å²) < 4.78 is 2.69. The first kappa shape index (κ1) is 18.8. The molecule has 0 aliphatic carbocycles. The number of halogens is 1. The summed E-state index contributed by atoms with van der Waals surface area (Å²) in [6, 6.07) is 7.35. The lowest BCUT2D eigenvalue weighted by atomic mass is 10.3. The number of fused-ring (bicyclic) bond motifs is 1. The largest absolute Gasteiger partial charge is 0.309 e. The fraction of sp³-hybridized carbons (Fsp3) is 0.389. The maximum atomic E-state index is 13.2. The van der Waals surface area contributed by atoms with Crippen molar-refractivity contribution in [3.8, 4) is 0 Å². The Bertz CT molecular complexity index is 904. The maximum Gasteiger partial charge on any atom is 0.278 e. The van der Waals surface area contributed by atoms with E-state index in [1.165, 1.54) is 11.3 Å². The van der Waals surface area contributed by atoms with Crippen molar-refractivity contribution in [3.05, 3.63) is 41.2 Å². The second-order valence-corrected chi connectivity index (χ2v) is 7.70. The van der Waals surface area contributed by atoms with Crippen molar-refractivity contribution in [1.29, 1.82) is 0 Å². The molecule has 26 heavy (non-hydrogen) atoms. The second kappa shape index (κ2) is 8.16. The van der Waals surface area contributed by atoms with E-state index >= 15 is 0 Å². The van der Waals surface area contributed by atoms with E-state index in [1.54, 1.807) is 21.8 Å². The molecule has 1 amide bonds. The number of benzene rings is 1. The molecule has 8 heteroatoms. The lowest BCUT2D eigenvalue weighted by Gasteiger charge is -2.21. The van der Waals surface area contributed by atoms with Gasteiger partial charge in [-0.3, -0.25) is 14.4 Å². The Kier molecular flexibility index (Phi) is 5.90. The number of carbonyl (C=O) groups is 1. The van der Waals surface area contributed by atoms with Crippen LogP contribution in [-0.4, -0.2) is 52.8 Å². The number of anilines is 1. The van der Waals surface area contributed by atoms with Crippen LogP contribution in [0, 0.1) is 0 Å². The molecular weight excluding hydrogens is 370 g/mol. The molecule has 0 N–H and O–H groups in total. The number of thiazole rings is 1. The van der Waals surface area contributed by atoms with Gasteiger partial charge in [0, 0.05) is 24.3 Å². The lowest BCUT2D eigenvalue weighted by Crippen LogP contribution is -2.34. The lowest BCUT2D eigenvalue weighted by molar-refractivity contribution is 0.0975. The summed E-state index contributed by atoms with van der Waals surface area (Å²) in [5, 5.41) is 5.58. The number of aryl methyl sites for hydroxylation is 1. The van der Waals surface area contributed by atoms with Gasteiger partial charge in [0.05, 0.1) is 10.2 Å². The van der Waals surface area contributed by atoms with Crippen LogP contribution in [0.1, 0.15) is 23.8 Å². The Morgan fingerprint density at radius 1 is 1.27 bits per heavy atom. The number of rotatable bonds is 7. The first-order valence-electron chi connectivity index (χ1n) is 8.54. The Balaban J connectivity index is 1.94. The molecule has 0 bridgehead atoms. The average molecular weight is 392 g/mol. The van der Waals surface area contributed by atoms with Crippen LogP contribution < -0.4 is 4.90 Å². The third-order valence-corrected chi connectivity index (χ3v) is 5.31. The fourth-order valence-electron chi connectivity index (χ4n) is 2.74. The van der Waals surface area contributed by atoms with Gasteiger partial charge in [-0.1, -0.05) is 22.9 Å². The molecular formula is C18H22ClN5OS. The summed E-state index contributed by atoms with van der Waals surface area (Å²) in [4.78, 5) is 21.7. The molecule has 3 rings (SSSR count). The molecule has 3 aromatic rings. The molecule has 2 heterocycles. The SMILES string of the molecule is CCn1nccc1C(=O)N(CCCN(C)C)c1nc2ccc(Cl)cc2s1. The monoisotopic (exact) mass is 391 g/mol. The van der Waals surface area contributed by atoms with E-state index in [4.69, 9.17) is 11.6 Å². The molecule has 0 fully saturated rings. The molecule has 138 valence electrons. The highest BCUT2D eigenvalue weighted by Gasteiger charge is 2.23. The molecule has 0 aliphatic rings. The van der Waals surface area contributed by atoms with Gasteiger partial charge in [0.1, 0.15) is 5.69 Å². The predicted molar refractivity (Wildman–Crippen MR) is 107 cm³/mol. The molecule has 0 unspecified atom stereocenters. The van der Waals surface area contributed by atoms with Crippen molar-refractivity contribution in [2.24, 2.45) is 0 Å². The van der Waals surface area contributed by atoms with Crippen molar-refractivity contribution >= 4 is 44.2 Å². The number of hydrogen-bond donors (Lipinski definition) is 0. The predicted octanol–water partition coefficient (Wildman–Crippen LogP) is 3.76. The number of hydrogen-bond acceptors (Lipinski definition) is 5. The highest BCUT2D eigenvalue weighted by molar-refractivity contribution is 7.22. The summed E-state index contributed by atoms with van der Waals surface area (Å²) in [5.41, 5.74) is 1.43. The van der Waals surface area contributed by atoms with E-state index in [0.717, 1.165) is 23.2 Å². The quantitative estimate of drug-likeness (QED) is 0.615. The zero-order valence-electron chi connectivity index (χ0n) is 15.1. The molecule has 0 saturated heterocycles. The minimum Gasteiger partial charge on any atom is -0.309 e. The third kappa shape index (κ3) is 4.06. The van der Waals surface area contributed by atoms with Crippen LogP contribution >= 0.6 is 22.9 Å². The standard InChI is InChI=1S/C18H22ClN5OS/c1-4-24-15(8-9-20-24)17(25)23(11-5-10-22(2)3)18-21-14-7-6-13(19)12-16(14)26-18/h6-9,12H,4-5,10-11H2,1-3H3. The van der Waals surface area contributed by atoms with E-state index in [0.29, 0.717) is 28.9 Å². The third-order valence-electron chi connectivity index (χ3n) is 4.04. The van der Waals surface area contributed by atoms with Gasteiger partial charge in [-0.2, -0.15) is 5.10 Å². The summed E-state index contributed by atoms with van der Waals surface area (Å²) in [7, 11) is 4.05. The molecule has 0 radical (unpaired) electrons. The molecule has 6 nitrogen and oxygen atoms in total. The smallest absolute Gasteiger partial charge is 0.278 e. The van der Waals surface area contributed by atoms with E-state index in [2.05, 4.69) is 15.0 Å². The molecule has 0 spiro atoms.